The Kier molecular flexibility index (Phi) is 7.33. The first-order valence-electron chi connectivity index (χ1n) is 13.3. The predicted octanol–water partition coefficient (Wildman–Crippen LogP) is 5.10. The molecule has 3 aromatic rings. The average Bonchev–Trinajstić information content (AvgIpc) is 3.58. The Hall–Kier alpha value is -3.91. The van der Waals surface area contributed by atoms with Gasteiger partial charge in [-0.2, -0.15) is 5.10 Å². The Morgan fingerprint density at radius 3 is 2.53 bits per heavy atom. The molecule has 2 aromatic carbocycles. The fourth-order valence-corrected chi connectivity index (χ4v) is 5.74. The number of allylic oxidation sites excluding steroid dienone is 1. The van der Waals surface area contributed by atoms with Crippen LogP contribution in [0.5, 0.6) is 0 Å². The summed E-state index contributed by atoms with van der Waals surface area (Å²) < 4.78 is 1.70. The van der Waals surface area contributed by atoms with Gasteiger partial charge in [0.05, 0.1) is 17.6 Å². The van der Waals surface area contributed by atoms with Gasteiger partial charge in [-0.15, -0.1) is 0 Å². The van der Waals surface area contributed by atoms with E-state index in [0.717, 1.165) is 41.6 Å². The molecule has 38 heavy (non-hydrogen) atoms. The molecule has 5 rings (SSSR count). The molecule has 8 nitrogen and oxygen atoms in total. The van der Waals surface area contributed by atoms with Crippen LogP contribution in [0.2, 0.25) is 0 Å². The zero-order chi connectivity index (χ0) is 26.8. The second-order valence-electron chi connectivity index (χ2n) is 10.7. The molecule has 2 atom stereocenters. The van der Waals surface area contributed by atoms with E-state index >= 15 is 0 Å². The topological polar surface area (TPSA) is 127 Å². The molecule has 0 spiro atoms. The van der Waals surface area contributed by atoms with Crippen molar-refractivity contribution in [3.05, 3.63) is 83.4 Å². The van der Waals surface area contributed by atoms with Gasteiger partial charge in [0, 0.05) is 42.8 Å². The van der Waals surface area contributed by atoms with Crippen LogP contribution in [0.4, 0.5) is 0 Å². The average molecular weight is 514 g/mol. The number of carboxylic acid groups (broad SMARTS) is 1. The number of rotatable bonds is 9. The van der Waals surface area contributed by atoms with Gasteiger partial charge in [-0.05, 0) is 41.7 Å². The number of aromatic nitrogens is 2. The predicted molar refractivity (Wildman–Crippen MR) is 147 cm³/mol. The van der Waals surface area contributed by atoms with Gasteiger partial charge in [-0.3, -0.25) is 4.79 Å². The van der Waals surface area contributed by atoms with E-state index in [9.17, 15) is 14.7 Å². The van der Waals surface area contributed by atoms with Crippen LogP contribution in [-0.2, 0) is 0 Å². The number of Topliss-reactive ketones (excluding diaryl/α,β-unsaturated/α-hetero) is 1. The highest BCUT2D eigenvalue weighted by Gasteiger charge is 2.45. The van der Waals surface area contributed by atoms with Gasteiger partial charge >= 0.3 is 5.97 Å². The van der Waals surface area contributed by atoms with Crippen molar-refractivity contribution >= 4 is 11.8 Å². The van der Waals surface area contributed by atoms with E-state index in [1.807, 2.05) is 48.5 Å². The highest BCUT2D eigenvalue weighted by Crippen LogP contribution is 2.51. The SMILES string of the molecule is CN(N)/C=C(\N)C1CC1c1c(C(=O)O)cnn1-c1cccc(-c2cccc(C(=O)CC3CCCCC3)c2)c1. The lowest BCUT2D eigenvalue weighted by Gasteiger charge is -2.20. The van der Waals surface area contributed by atoms with Gasteiger partial charge in [0.25, 0.3) is 0 Å². The first-order chi connectivity index (χ1) is 18.3. The van der Waals surface area contributed by atoms with E-state index in [-0.39, 0.29) is 23.2 Å². The minimum absolute atomic E-state index is 0.00425. The molecule has 0 saturated heterocycles. The van der Waals surface area contributed by atoms with E-state index in [1.54, 1.807) is 17.9 Å². The second kappa shape index (κ2) is 10.8. The van der Waals surface area contributed by atoms with Crippen LogP contribution in [0.15, 0.2) is 66.6 Å². The summed E-state index contributed by atoms with van der Waals surface area (Å²) in [6.07, 6.45) is 10.4. The first kappa shape index (κ1) is 25.7. The van der Waals surface area contributed by atoms with Crippen molar-refractivity contribution in [3.63, 3.8) is 0 Å². The molecular weight excluding hydrogens is 478 g/mol. The molecular formula is C30H35N5O3. The van der Waals surface area contributed by atoms with Crippen molar-refractivity contribution in [1.82, 2.24) is 14.8 Å². The fraction of sp³-hybridized carbons (Fsp3) is 0.367. The molecule has 5 N–H and O–H groups in total. The van der Waals surface area contributed by atoms with E-state index in [0.29, 0.717) is 23.7 Å². The smallest absolute Gasteiger partial charge is 0.339 e. The van der Waals surface area contributed by atoms with Gasteiger partial charge in [-0.25, -0.2) is 15.3 Å². The third kappa shape index (κ3) is 5.50. The molecule has 0 bridgehead atoms. The molecule has 0 amide bonds. The van der Waals surface area contributed by atoms with Gasteiger partial charge in [0.1, 0.15) is 5.56 Å². The maximum Gasteiger partial charge on any atom is 0.339 e. The van der Waals surface area contributed by atoms with Gasteiger partial charge < -0.3 is 15.8 Å². The lowest BCUT2D eigenvalue weighted by Crippen LogP contribution is -2.21. The summed E-state index contributed by atoms with van der Waals surface area (Å²) in [5, 5.41) is 15.7. The Labute approximate surface area is 222 Å². The minimum atomic E-state index is -1.02. The maximum absolute atomic E-state index is 13.0. The number of aromatic carboxylic acids is 1. The number of benzene rings is 2. The van der Waals surface area contributed by atoms with E-state index in [1.165, 1.54) is 30.5 Å². The standard InChI is InChI=1S/C30H35N5O3/c1-34(32)18-27(31)24-16-25(24)29-26(30(37)38)17-33-35(29)23-12-6-10-21(15-23)20-9-5-11-22(14-20)28(36)13-19-7-3-2-4-8-19/h5-6,9-12,14-15,17-19,24-25H,2-4,7-8,13,16,31-32H2,1H3,(H,37,38)/b27-18-. The van der Waals surface area contributed by atoms with Crippen molar-refractivity contribution in [1.29, 1.82) is 0 Å². The van der Waals surface area contributed by atoms with E-state index < -0.39 is 5.97 Å². The van der Waals surface area contributed by atoms with Gasteiger partial charge in [-0.1, -0.05) is 62.4 Å². The zero-order valence-corrected chi connectivity index (χ0v) is 21.7. The minimum Gasteiger partial charge on any atom is -0.478 e. The molecule has 0 aliphatic heterocycles. The molecule has 2 aliphatic rings. The largest absolute Gasteiger partial charge is 0.478 e. The second-order valence-corrected chi connectivity index (χ2v) is 10.7. The van der Waals surface area contributed by atoms with Crippen LogP contribution in [0.3, 0.4) is 0 Å². The highest BCUT2D eigenvalue weighted by molar-refractivity contribution is 5.97. The van der Waals surface area contributed by atoms with Crippen LogP contribution < -0.4 is 11.6 Å². The van der Waals surface area contributed by atoms with Crippen molar-refractivity contribution in [2.45, 2.75) is 50.9 Å². The number of hydrazine groups is 1. The number of hydrogen-bond donors (Lipinski definition) is 3. The maximum atomic E-state index is 13.0. The molecule has 2 aliphatic carbocycles. The summed E-state index contributed by atoms with van der Waals surface area (Å²) in [5.74, 6) is 5.32. The zero-order valence-electron chi connectivity index (χ0n) is 21.7. The molecule has 2 fully saturated rings. The monoisotopic (exact) mass is 513 g/mol. The van der Waals surface area contributed by atoms with Crippen molar-refractivity contribution < 1.29 is 14.7 Å². The quantitative estimate of drug-likeness (QED) is 0.206. The molecule has 8 heteroatoms. The summed E-state index contributed by atoms with van der Waals surface area (Å²) in [7, 11) is 1.70. The number of carboxylic acids is 1. The number of carbonyl (C=O) groups is 2. The summed E-state index contributed by atoms with van der Waals surface area (Å²) in [4.78, 5) is 25.1. The van der Waals surface area contributed by atoms with Crippen LogP contribution >= 0.6 is 0 Å². The Balaban J connectivity index is 1.43. The number of hydrogen-bond acceptors (Lipinski definition) is 6. The molecule has 2 unspecified atom stereocenters. The third-order valence-electron chi connectivity index (χ3n) is 7.77. The number of ketones is 1. The van der Waals surface area contributed by atoms with Gasteiger partial charge in [0.15, 0.2) is 5.78 Å². The Bertz CT molecular complexity index is 1370. The lowest BCUT2D eigenvalue weighted by atomic mass is 9.84. The molecule has 1 heterocycles. The Morgan fingerprint density at radius 1 is 1.11 bits per heavy atom. The number of nitrogens with two attached hydrogens (primary N) is 2. The van der Waals surface area contributed by atoms with Crippen molar-refractivity contribution in [2.75, 3.05) is 7.05 Å². The first-order valence-corrected chi connectivity index (χ1v) is 13.3. The van der Waals surface area contributed by atoms with Crippen LogP contribution in [0.25, 0.3) is 16.8 Å². The van der Waals surface area contributed by atoms with Crippen LogP contribution in [0.1, 0.15) is 77.3 Å². The van der Waals surface area contributed by atoms with Crippen LogP contribution in [-0.4, -0.2) is 38.7 Å². The normalized spacial score (nSPS) is 19.8. The molecule has 1 aromatic heterocycles. The summed E-state index contributed by atoms with van der Waals surface area (Å²) in [6.45, 7) is 0. The van der Waals surface area contributed by atoms with Crippen molar-refractivity contribution in [2.24, 2.45) is 23.4 Å². The van der Waals surface area contributed by atoms with E-state index in [2.05, 4.69) is 5.10 Å². The number of nitrogens with zero attached hydrogens (tertiary/aromatic N) is 3. The summed E-state index contributed by atoms with van der Waals surface area (Å²) in [6, 6.07) is 15.6. The Morgan fingerprint density at radius 2 is 1.82 bits per heavy atom. The van der Waals surface area contributed by atoms with Gasteiger partial charge in [0.2, 0.25) is 0 Å². The van der Waals surface area contributed by atoms with E-state index in [4.69, 9.17) is 11.6 Å². The third-order valence-corrected chi connectivity index (χ3v) is 7.77. The van der Waals surface area contributed by atoms with Crippen molar-refractivity contribution in [3.8, 4) is 16.8 Å². The summed E-state index contributed by atoms with van der Waals surface area (Å²) >= 11 is 0. The lowest BCUT2D eigenvalue weighted by molar-refractivity contribution is 0.0695. The molecule has 198 valence electrons. The molecule has 0 radical (unpaired) electrons. The highest BCUT2D eigenvalue weighted by atomic mass is 16.4. The summed E-state index contributed by atoms with van der Waals surface area (Å²) in [5.41, 5.74) is 11.0. The molecule has 2 saturated carbocycles. The fourth-order valence-electron chi connectivity index (χ4n) is 5.74. The number of carbonyl (C=O) groups excluding carboxylic acids is 1. The van der Waals surface area contributed by atoms with Crippen LogP contribution in [0, 0.1) is 11.8 Å².